The maximum Gasteiger partial charge on any atom is 0.235 e. The first-order chi connectivity index (χ1) is 3.21. The third kappa shape index (κ3) is 1.26. The van der Waals surface area contributed by atoms with Crippen LogP contribution in [0, 0.1) is 0 Å². The Morgan fingerprint density at radius 1 is 1.43 bits per heavy atom. The summed E-state index contributed by atoms with van der Waals surface area (Å²) in [5.41, 5.74) is 0. The molecule has 42 valence electrons. The van der Waals surface area contributed by atoms with Gasteiger partial charge in [0.1, 0.15) is 0 Å². The van der Waals surface area contributed by atoms with Crippen molar-refractivity contribution >= 4 is 8.32 Å². The van der Waals surface area contributed by atoms with Gasteiger partial charge in [0.2, 0.25) is 8.32 Å². The van der Waals surface area contributed by atoms with Crippen molar-refractivity contribution in [2.75, 3.05) is 6.61 Å². The van der Waals surface area contributed by atoms with Crippen LogP contribution in [0.4, 0.5) is 0 Å². The van der Waals surface area contributed by atoms with E-state index in [0.29, 0.717) is 0 Å². The van der Waals surface area contributed by atoms with Gasteiger partial charge in [0.15, 0.2) is 0 Å². The molecule has 0 unspecified atom stereocenters. The minimum absolute atomic E-state index is 0.805. The molecule has 0 aromatic carbocycles. The number of rotatable bonds is 0. The van der Waals surface area contributed by atoms with E-state index in [1.165, 1.54) is 0 Å². The smallest absolute Gasteiger partial charge is 0.235 e. The molecule has 0 spiro atoms. The molecule has 1 rings (SSSR count). The Morgan fingerprint density at radius 2 is 2.14 bits per heavy atom. The first-order valence-corrected chi connectivity index (χ1v) is 5.63. The Labute approximate surface area is 44.5 Å². The standard InChI is InChI=1S/C4H10O2Si/c1-7(2)4-3-5-6-7/h3-4H2,1-2H3. The largest absolute Gasteiger partial charge is 0.287 e. The highest BCUT2D eigenvalue weighted by Gasteiger charge is 2.29. The van der Waals surface area contributed by atoms with E-state index in [9.17, 15) is 0 Å². The lowest BCUT2D eigenvalue weighted by Crippen LogP contribution is -2.22. The van der Waals surface area contributed by atoms with Crippen molar-refractivity contribution in [3.8, 4) is 0 Å². The molecule has 2 nitrogen and oxygen atoms in total. The molecule has 1 aliphatic heterocycles. The van der Waals surface area contributed by atoms with Crippen LogP contribution in [0.5, 0.6) is 0 Å². The van der Waals surface area contributed by atoms with Crippen molar-refractivity contribution in [1.29, 1.82) is 0 Å². The molecule has 1 aliphatic rings. The second-order valence-corrected chi connectivity index (χ2v) is 6.60. The van der Waals surface area contributed by atoms with Crippen molar-refractivity contribution in [1.82, 2.24) is 0 Å². The fourth-order valence-corrected chi connectivity index (χ4v) is 1.59. The van der Waals surface area contributed by atoms with E-state index in [1.54, 1.807) is 0 Å². The zero-order chi connectivity index (χ0) is 5.33. The van der Waals surface area contributed by atoms with Crippen LogP contribution < -0.4 is 0 Å². The van der Waals surface area contributed by atoms with Crippen molar-refractivity contribution in [2.24, 2.45) is 0 Å². The molecule has 0 atom stereocenters. The topological polar surface area (TPSA) is 18.5 Å². The van der Waals surface area contributed by atoms with Crippen LogP contribution >= 0.6 is 0 Å². The summed E-state index contributed by atoms with van der Waals surface area (Å²) < 4.78 is 4.98. The molecule has 1 fully saturated rings. The highest BCUT2D eigenvalue weighted by Crippen LogP contribution is 2.17. The first kappa shape index (κ1) is 5.28. The van der Waals surface area contributed by atoms with Crippen LogP contribution in [0.15, 0.2) is 0 Å². The molecular weight excluding hydrogens is 108 g/mol. The molecule has 0 N–H and O–H groups in total. The number of hydrogen-bond acceptors (Lipinski definition) is 2. The molecule has 0 bridgehead atoms. The fourth-order valence-electron chi connectivity index (χ4n) is 0.530. The molecule has 1 saturated heterocycles. The summed E-state index contributed by atoms with van der Waals surface area (Å²) >= 11 is 0. The summed E-state index contributed by atoms with van der Waals surface area (Å²) in [7, 11) is -1.26. The minimum Gasteiger partial charge on any atom is -0.287 e. The molecule has 0 aromatic heterocycles. The highest BCUT2D eigenvalue weighted by atomic mass is 28.4. The van der Waals surface area contributed by atoms with Crippen molar-refractivity contribution in [3.63, 3.8) is 0 Å². The van der Waals surface area contributed by atoms with Crippen LogP contribution in [0.2, 0.25) is 19.1 Å². The Kier molecular flexibility index (Phi) is 1.19. The lowest BCUT2D eigenvalue weighted by Gasteiger charge is -2.06. The van der Waals surface area contributed by atoms with E-state index in [2.05, 4.69) is 13.1 Å². The highest BCUT2D eigenvalue weighted by molar-refractivity contribution is 6.71. The normalized spacial score (nSPS) is 28.3. The quantitative estimate of drug-likeness (QED) is 0.351. The average molecular weight is 118 g/mol. The average Bonchev–Trinajstić information content (AvgIpc) is 1.84. The summed E-state index contributed by atoms with van der Waals surface area (Å²) in [6.07, 6.45) is 0. The van der Waals surface area contributed by atoms with E-state index >= 15 is 0 Å². The van der Waals surface area contributed by atoms with Gasteiger partial charge in [0.25, 0.3) is 0 Å². The zero-order valence-corrected chi connectivity index (χ0v) is 5.73. The van der Waals surface area contributed by atoms with E-state index in [-0.39, 0.29) is 0 Å². The maximum absolute atomic E-state index is 4.98. The van der Waals surface area contributed by atoms with Crippen molar-refractivity contribution < 1.29 is 9.46 Å². The molecule has 3 heteroatoms. The Bertz CT molecular complexity index is 64.1. The van der Waals surface area contributed by atoms with Gasteiger partial charge in [0, 0.05) is 0 Å². The van der Waals surface area contributed by atoms with Crippen molar-refractivity contribution in [3.05, 3.63) is 0 Å². The van der Waals surface area contributed by atoms with Crippen LogP contribution in [-0.4, -0.2) is 14.9 Å². The SMILES string of the molecule is C[Si]1(C)CCOO1. The monoisotopic (exact) mass is 118 g/mol. The molecule has 7 heavy (non-hydrogen) atoms. The fraction of sp³-hybridized carbons (Fsp3) is 1.00. The Balaban J connectivity index is 2.40. The van der Waals surface area contributed by atoms with Crippen LogP contribution in [0.25, 0.3) is 0 Å². The molecule has 0 saturated carbocycles. The third-order valence-corrected chi connectivity index (χ3v) is 3.05. The van der Waals surface area contributed by atoms with E-state index in [1.807, 2.05) is 0 Å². The van der Waals surface area contributed by atoms with Crippen LogP contribution in [0.1, 0.15) is 0 Å². The Hall–Kier alpha value is 0.137. The summed E-state index contributed by atoms with van der Waals surface area (Å²) in [4.78, 5) is 4.72. The zero-order valence-electron chi connectivity index (χ0n) is 4.73. The molecule has 0 radical (unpaired) electrons. The van der Waals surface area contributed by atoms with Gasteiger partial charge in [-0.3, -0.25) is 4.58 Å². The van der Waals surface area contributed by atoms with Crippen LogP contribution in [0.3, 0.4) is 0 Å². The van der Waals surface area contributed by atoms with Gasteiger partial charge < -0.3 is 0 Å². The summed E-state index contributed by atoms with van der Waals surface area (Å²) in [5, 5.41) is 0. The van der Waals surface area contributed by atoms with E-state index in [0.717, 1.165) is 12.7 Å². The summed E-state index contributed by atoms with van der Waals surface area (Å²) in [6, 6.07) is 1.15. The summed E-state index contributed by atoms with van der Waals surface area (Å²) in [5.74, 6) is 0. The van der Waals surface area contributed by atoms with Gasteiger partial charge in [0.05, 0.1) is 6.61 Å². The lowest BCUT2D eigenvalue weighted by molar-refractivity contribution is -0.189. The second-order valence-electron chi connectivity index (χ2n) is 2.42. The molecule has 0 amide bonds. The Morgan fingerprint density at radius 3 is 2.29 bits per heavy atom. The van der Waals surface area contributed by atoms with Crippen molar-refractivity contribution in [2.45, 2.75) is 19.1 Å². The lowest BCUT2D eigenvalue weighted by atomic mass is 10.9. The predicted octanol–water partition coefficient (Wildman–Crippen LogP) is 1.15. The number of hydrogen-bond donors (Lipinski definition) is 0. The third-order valence-electron chi connectivity index (χ3n) is 1.07. The van der Waals surface area contributed by atoms with Crippen LogP contribution in [-0.2, 0) is 9.46 Å². The van der Waals surface area contributed by atoms with E-state index in [4.69, 9.17) is 9.46 Å². The van der Waals surface area contributed by atoms with E-state index < -0.39 is 8.32 Å². The van der Waals surface area contributed by atoms with Gasteiger partial charge in [-0.25, -0.2) is 4.89 Å². The first-order valence-electron chi connectivity index (χ1n) is 2.51. The van der Waals surface area contributed by atoms with Gasteiger partial charge in [-0.1, -0.05) is 0 Å². The van der Waals surface area contributed by atoms with Gasteiger partial charge in [-0.2, -0.15) is 0 Å². The predicted molar refractivity (Wildman–Crippen MR) is 29.3 cm³/mol. The van der Waals surface area contributed by atoms with Gasteiger partial charge in [-0.15, -0.1) is 0 Å². The van der Waals surface area contributed by atoms with Gasteiger partial charge in [-0.05, 0) is 19.1 Å². The second kappa shape index (κ2) is 1.58. The van der Waals surface area contributed by atoms with Gasteiger partial charge >= 0.3 is 0 Å². The molecule has 1 heterocycles. The molecule has 0 aromatic rings. The maximum atomic E-state index is 4.98. The molecule has 0 aliphatic carbocycles. The summed E-state index contributed by atoms with van der Waals surface area (Å²) in [6.45, 7) is 5.11. The molecular formula is C4H10O2Si. The minimum atomic E-state index is -1.26.